The average molecular weight is 330 g/mol. The Morgan fingerprint density at radius 2 is 2.09 bits per heavy atom. The Labute approximate surface area is 128 Å². The molecule has 1 unspecified atom stereocenters. The Morgan fingerprint density at radius 1 is 1.45 bits per heavy atom. The minimum atomic E-state index is -4.05. The van der Waals surface area contributed by atoms with Crippen molar-refractivity contribution in [3.63, 3.8) is 0 Å². The van der Waals surface area contributed by atoms with Gasteiger partial charge in [-0.3, -0.25) is 14.9 Å². The van der Waals surface area contributed by atoms with E-state index in [0.29, 0.717) is 6.42 Å². The lowest BCUT2D eigenvalue weighted by atomic mass is 10.1. The molecule has 0 heterocycles. The van der Waals surface area contributed by atoms with Gasteiger partial charge in [0.15, 0.2) is 0 Å². The van der Waals surface area contributed by atoms with E-state index in [9.17, 15) is 23.3 Å². The van der Waals surface area contributed by atoms with Crippen LogP contribution in [-0.4, -0.2) is 30.5 Å². The summed E-state index contributed by atoms with van der Waals surface area (Å²) in [7, 11) is -4.05. The van der Waals surface area contributed by atoms with Crippen molar-refractivity contribution in [2.24, 2.45) is 0 Å². The number of aryl methyl sites for hydroxylation is 1. The maximum absolute atomic E-state index is 12.2. The fourth-order valence-electron chi connectivity index (χ4n) is 1.90. The molecule has 9 heteroatoms. The number of carboxylic acid groups (broad SMARTS) is 1. The monoisotopic (exact) mass is 330 g/mol. The van der Waals surface area contributed by atoms with E-state index in [1.165, 1.54) is 6.92 Å². The molecule has 8 nitrogen and oxygen atoms in total. The van der Waals surface area contributed by atoms with Crippen LogP contribution in [-0.2, 0) is 14.8 Å². The number of hydrogen-bond donors (Lipinski definition) is 2. The summed E-state index contributed by atoms with van der Waals surface area (Å²) in [5.74, 6) is -1.25. The van der Waals surface area contributed by atoms with Gasteiger partial charge in [-0.15, -0.1) is 0 Å². The number of nitro benzene ring substituents is 1. The first kappa shape index (κ1) is 18.1. The molecule has 0 bridgehead atoms. The molecule has 0 fully saturated rings. The van der Waals surface area contributed by atoms with Crippen LogP contribution in [0.2, 0.25) is 0 Å². The summed E-state index contributed by atoms with van der Waals surface area (Å²) in [5, 5.41) is 19.8. The van der Waals surface area contributed by atoms with Crippen molar-refractivity contribution in [2.75, 3.05) is 0 Å². The lowest BCUT2D eigenvalue weighted by Crippen LogP contribution is -2.40. The highest BCUT2D eigenvalue weighted by Crippen LogP contribution is 2.21. The number of nitro groups is 1. The van der Waals surface area contributed by atoms with Crippen molar-refractivity contribution in [3.8, 4) is 0 Å². The number of rotatable bonds is 8. The fourth-order valence-corrected chi connectivity index (χ4v) is 3.20. The zero-order valence-corrected chi connectivity index (χ0v) is 13.1. The largest absolute Gasteiger partial charge is 0.480 e. The van der Waals surface area contributed by atoms with E-state index >= 15 is 0 Å². The Balaban J connectivity index is 3.05. The van der Waals surface area contributed by atoms with Gasteiger partial charge in [-0.25, -0.2) is 8.42 Å². The zero-order valence-electron chi connectivity index (χ0n) is 12.3. The fraction of sp³-hybridized carbons (Fsp3) is 0.462. The lowest BCUT2D eigenvalue weighted by Gasteiger charge is -2.14. The molecule has 0 spiro atoms. The maximum Gasteiger partial charge on any atom is 0.321 e. The molecule has 0 amide bonds. The number of unbranched alkanes of at least 4 members (excludes halogenated alkanes) is 1. The van der Waals surface area contributed by atoms with Crippen molar-refractivity contribution in [1.29, 1.82) is 0 Å². The Bertz CT molecular complexity index is 671. The molecule has 1 atom stereocenters. The van der Waals surface area contributed by atoms with Crippen LogP contribution >= 0.6 is 0 Å². The van der Waals surface area contributed by atoms with Crippen molar-refractivity contribution in [3.05, 3.63) is 33.9 Å². The van der Waals surface area contributed by atoms with Crippen LogP contribution in [0.4, 0.5) is 5.69 Å². The van der Waals surface area contributed by atoms with Gasteiger partial charge in [0, 0.05) is 11.6 Å². The average Bonchev–Trinajstić information content (AvgIpc) is 2.42. The highest BCUT2D eigenvalue weighted by atomic mass is 32.2. The van der Waals surface area contributed by atoms with E-state index in [2.05, 4.69) is 4.72 Å². The summed E-state index contributed by atoms with van der Waals surface area (Å²) in [6.07, 6.45) is 1.48. The van der Waals surface area contributed by atoms with Crippen LogP contribution in [0.1, 0.15) is 31.7 Å². The molecule has 0 saturated carbocycles. The quantitative estimate of drug-likeness (QED) is 0.553. The van der Waals surface area contributed by atoms with Crippen LogP contribution in [0.3, 0.4) is 0 Å². The molecule has 1 aromatic rings. The van der Waals surface area contributed by atoms with Crippen LogP contribution < -0.4 is 4.72 Å². The summed E-state index contributed by atoms with van der Waals surface area (Å²) >= 11 is 0. The van der Waals surface area contributed by atoms with Gasteiger partial charge in [0.2, 0.25) is 10.0 Å². The van der Waals surface area contributed by atoms with E-state index in [1.807, 2.05) is 6.92 Å². The van der Waals surface area contributed by atoms with Crippen molar-refractivity contribution >= 4 is 21.7 Å². The van der Waals surface area contributed by atoms with Gasteiger partial charge >= 0.3 is 5.97 Å². The number of benzene rings is 1. The Hall–Kier alpha value is -2.00. The Morgan fingerprint density at radius 3 is 2.55 bits per heavy atom. The van der Waals surface area contributed by atoms with Crippen molar-refractivity contribution in [1.82, 2.24) is 4.72 Å². The van der Waals surface area contributed by atoms with Crippen LogP contribution in [0, 0.1) is 17.0 Å². The number of aliphatic carboxylic acids is 1. The summed E-state index contributed by atoms with van der Waals surface area (Å²) in [4.78, 5) is 21.0. The summed E-state index contributed by atoms with van der Waals surface area (Å²) in [5.41, 5.74) is -0.00646. The van der Waals surface area contributed by atoms with E-state index in [4.69, 9.17) is 5.11 Å². The first-order valence-corrected chi connectivity index (χ1v) is 8.17. The molecule has 0 aliphatic carbocycles. The summed E-state index contributed by atoms with van der Waals surface area (Å²) < 4.78 is 26.5. The topological polar surface area (TPSA) is 127 Å². The SMILES string of the molecule is CCCCC(NS(=O)(=O)c1ccc([N+](=O)[O-])c(C)c1)C(=O)O. The number of nitrogens with one attached hydrogen (secondary N) is 1. The molecule has 22 heavy (non-hydrogen) atoms. The first-order chi connectivity index (χ1) is 10.2. The van der Waals surface area contributed by atoms with E-state index < -0.39 is 27.0 Å². The number of sulfonamides is 1. The van der Waals surface area contributed by atoms with Gasteiger partial charge in [-0.1, -0.05) is 19.8 Å². The smallest absolute Gasteiger partial charge is 0.321 e. The van der Waals surface area contributed by atoms with Gasteiger partial charge in [-0.05, 0) is 25.5 Å². The predicted octanol–water partition coefficient (Wildman–Crippen LogP) is 1.82. The zero-order chi connectivity index (χ0) is 16.9. The van der Waals surface area contributed by atoms with Crippen LogP contribution in [0.15, 0.2) is 23.1 Å². The first-order valence-electron chi connectivity index (χ1n) is 6.69. The number of nitrogens with zero attached hydrogens (tertiary/aromatic N) is 1. The maximum atomic E-state index is 12.2. The van der Waals surface area contributed by atoms with E-state index in [-0.39, 0.29) is 22.6 Å². The molecule has 0 aliphatic rings. The minimum absolute atomic E-state index is 0.178. The predicted molar refractivity (Wildman–Crippen MR) is 79.1 cm³/mol. The third-order valence-electron chi connectivity index (χ3n) is 3.12. The van der Waals surface area contributed by atoms with Gasteiger partial charge in [0.1, 0.15) is 6.04 Å². The third-order valence-corrected chi connectivity index (χ3v) is 4.59. The van der Waals surface area contributed by atoms with Gasteiger partial charge < -0.3 is 5.11 Å². The second-order valence-electron chi connectivity index (χ2n) is 4.86. The molecule has 0 saturated heterocycles. The molecule has 1 aromatic carbocycles. The standard InChI is InChI=1S/C13H18N2O6S/c1-3-4-5-11(13(16)17)14-22(20,21)10-6-7-12(15(18)19)9(2)8-10/h6-8,11,14H,3-5H2,1-2H3,(H,16,17). The minimum Gasteiger partial charge on any atom is -0.480 e. The van der Waals surface area contributed by atoms with Crippen LogP contribution in [0.5, 0.6) is 0 Å². The highest BCUT2D eigenvalue weighted by Gasteiger charge is 2.26. The molecule has 0 aromatic heterocycles. The molecule has 0 radical (unpaired) electrons. The number of carboxylic acids is 1. The normalized spacial score (nSPS) is 12.8. The second-order valence-corrected chi connectivity index (χ2v) is 6.57. The molecule has 1 rings (SSSR count). The van der Waals surface area contributed by atoms with Crippen LogP contribution in [0.25, 0.3) is 0 Å². The van der Waals surface area contributed by atoms with Gasteiger partial charge in [0.25, 0.3) is 5.69 Å². The molecule has 122 valence electrons. The number of carbonyl (C=O) groups is 1. The summed E-state index contributed by atoms with van der Waals surface area (Å²) in [6, 6.07) is 2.11. The molecular formula is C13H18N2O6S. The van der Waals surface area contributed by atoms with Gasteiger partial charge in [0.05, 0.1) is 9.82 Å². The lowest BCUT2D eigenvalue weighted by molar-refractivity contribution is -0.385. The second kappa shape index (κ2) is 7.32. The van der Waals surface area contributed by atoms with Crippen molar-refractivity contribution in [2.45, 2.75) is 44.0 Å². The molecule has 2 N–H and O–H groups in total. The van der Waals surface area contributed by atoms with E-state index in [0.717, 1.165) is 24.6 Å². The van der Waals surface area contributed by atoms with Crippen molar-refractivity contribution < 1.29 is 23.2 Å². The molecular weight excluding hydrogens is 312 g/mol. The van der Waals surface area contributed by atoms with Gasteiger partial charge in [-0.2, -0.15) is 4.72 Å². The highest BCUT2D eigenvalue weighted by molar-refractivity contribution is 7.89. The molecule has 0 aliphatic heterocycles. The summed E-state index contributed by atoms with van der Waals surface area (Å²) in [6.45, 7) is 3.29. The number of hydrogen-bond acceptors (Lipinski definition) is 5. The van der Waals surface area contributed by atoms with E-state index in [1.54, 1.807) is 0 Å². The third kappa shape index (κ3) is 4.50. The Kier molecular flexibility index (Phi) is 6.01.